The zero-order chi connectivity index (χ0) is 14.2. The van der Waals surface area contributed by atoms with E-state index in [9.17, 15) is 0 Å². The summed E-state index contributed by atoms with van der Waals surface area (Å²) in [6, 6.07) is 15.6. The standard InChI is InChI=1S/C16H11ClN4/c17-10-6-7-12-13(8-10)21-15-14(12)18-9-19-16(15)20-11-4-2-1-3-5-11/h1-9,21H,(H,18,19,20). The molecule has 4 rings (SSSR count). The molecule has 0 aliphatic heterocycles. The van der Waals surface area contributed by atoms with Gasteiger partial charge in [0.05, 0.1) is 0 Å². The predicted molar refractivity (Wildman–Crippen MR) is 86.1 cm³/mol. The van der Waals surface area contributed by atoms with Gasteiger partial charge in [0.15, 0.2) is 5.82 Å². The van der Waals surface area contributed by atoms with E-state index in [0.717, 1.165) is 33.4 Å². The lowest BCUT2D eigenvalue weighted by molar-refractivity contribution is 1.22. The Hall–Kier alpha value is -2.59. The molecule has 2 aromatic carbocycles. The number of benzene rings is 2. The van der Waals surface area contributed by atoms with Crippen molar-refractivity contribution in [3.63, 3.8) is 0 Å². The Balaban J connectivity index is 1.91. The summed E-state index contributed by atoms with van der Waals surface area (Å²) >= 11 is 6.04. The molecule has 0 aliphatic rings. The smallest absolute Gasteiger partial charge is 0.158 e. The largest absolute Gasteiger partial charge is 0.350 e. The van der Waals surface area contributed by atoms with Gasteiger partial charge >= 0.3 is 0 Å². The fraction of sp³-hybridized carbons (Fsp3) is 0. The van der Waals surface area contributed by atoms with Crippen molar-refractivity contribution in [2.75, 3.05) is 5.32 Å². The molecule has 0 saturated heterocycles. The van der Waals surface area contributed by atoms with Crippen LogP contribution in [0.1, 0.15) is 0 Å². The van der Waals surface area contributed by atoms with E-state index in [-0.39, 0.29) is 0 Å². The van der Waals surface area contributed by atoms with Crippen LogP contribution in [0.4, 0.5) is 11.5 Å². The minimum Gasteiger partial charge on any atom is -0.350 e. The van der Waals surface area contributed by atoms with Crippen LogP contribution in [-0.4, -0.2) is 15.0 Å². The molecule has 0 radical (unpaired) electrons. The highest BCUT2D eigenvalue weighted by Crippen LogP contribution is 2.30. The van der Waals surface area contributed by atoms with Gasteiger partial charge in [-0.05, 0) is 30.3 Å². The Kier molecular flexibility index (Phi) is 2.75. The lowest BCUT2D eigenvalue weighted by atomic mass is 10.2. The first-order valence-electron chi connectivity index (χ1n) is 6.55. The molecule has 21 heavy (non-hydrogen) atoms. The van der Waals surface area contributed by atoms with Crippen LogP contribution in [-0.2, 0) is 0 Å². The van der Waals surface area contributed by atoms with Gasteiger partial charge in [-0.2, -0.15) is 0 Å². The van der Waals surface area contributed by atoms with E-state index in [0.29, 0.717) is 5.02 Å². The highest BCUT2D eigenvalue weighted by molar-refractivity contribution is 6.31. The average Bonchev–Trinajstić information content (AvgIpc) is 2.87. The number of H-pyrrole nitrogens is 1. The lowest BCUT2D eigenvalue weighted by Gasteiger charge is -2.05. The predicted octanol–water partition coefficient (Wildman–Crippen LogP) is 4.51. The fourth-order valence-corrected chi connectivity index (χ4v) is 2.59. The quantitative estimate of drug-likeness (QED) is 0.572. The van der Waals surface area contributed by atoms with Crippen molar-refractivity contribution >= 4 is 45.0 Å². The average molecular weight is 295 g/mol. The fourth-order valence-electron chi connectivity index (χ4n) is 2.42. The third-order valence-corrected chi connectivity index (χ3v) is 3.62. The van der Waals surface area contributed by atoms with E-state index in [1.54, 1.807) is 6.33 Å². The molecule has 0 bridgehead atoms. The van der Waals surface area contributed by atoms with Gasteiger partial charge in [-0.1, -0.05) is 29.8 Å². The second kappa shape index (κ2) is 4.75. The number of nitrogens with one attached hydrogen (secondary N) is 2. The molecule has 5 heteroatoms. The summed E-state index contributed by atoms with van der Waals surface area (Å²) in [5, 5.41) is 5.04. The number of rotatable bonds is 2. The zero-order valence-electron chi connectivity index (χ0n) is 11.0. The summed E-state index contributed by atoms with van der Waals surface area (Å²) in [4.78, 5) is 12.0. The summed E-state index contributed by atoms with van der Waals surface area (Å²) in [5.74, 6) is 0.749. The van der Waals surface area contributed by atoms with Gasteiger partial charge < -0.3 is 10.3 Å². The van der Waals surface area contributed by atoms with Crippen molar-refractivity contribution in [3.05, 3.63) is 59.9 Å². The summed E-state index contributed by atoms with van der Waals surface area (Å²) in [7, 11) is 0. The minimum atomic E-state index is 0.694. The van der Waals surface area contributed by atoms with Crippen molar-refractivity contribution < 1.29 is 0 Å². The van der Waals surface area contributed by atoms with Crippen LogP contribution in [0.3, 0.4) is 0 Å². The van der Waals surface area contributed by atoms with E-state index in [2.05, 4.69) is 20.3 Å². The topological polar surface area (TPSA) is 53.6 Å². The maximum Gasteiger partial charge on any atom is 0.158 e. The molecule has 0 unspecified atom stereocenters. The number of para-hydroxylation sites is 1. The number of fused-ring (bicyclic) bond motifs is 3. The second-order valence-corrected chi connectivity index (χ2v) is 5.19. The number of hydrogen-bond donors (Lipinski definition) is 2. The van der Waals surface area contributed by atoms with E-state index in [1.807, 2.05) is 48.5 Å². The normalized spacial score (nSPS) is 11.1. The van der Waals surface area contributed by atoms with Crippen LogP contribution in [0, 0.1) is 0 Å². The molecule has 0 fully saturated rings. The number of aromatic amines is 1. The maximum atomic E-state index is 6.04. The zero-order valence-corrected chi connectivity index (χ0v) is 11.7. The van der Waals surface area contributed by atoms with Gasteiger partial charge in [-0.3, -0.25) is 0 Å². The Morgan fingerprint density at radius 1 is 1.00 bits per heavy atom. The molecule has 0 amide bonds. The van der Waals surface area contributed by atoms with Gasteiger partial charge in [-0.25, -0.2) is 9.97 Å². The van der Waals surface area contributed by atoms with Gasteiger partial charge in [-0.15, -0.1) is 0 Å². The number of aromatic nitrogens is 3. The summed E-state index contributed by atoms with van der Waals surface area (Å²) in [5.41, 5.74) is 3.69. The number of halogens is 1. The molecule has 2 heterocycles. The van der Waals surface area contributed by atoms with Crippen molar-refractivity contribution in [1.82, 2.24) is 15.0 Å². The van der Waals surface area contributed by atoms with Crippen molar-refractivity contribution in [2.45, 2.75) is 0 Å². The number of anilines is 2. The molecule has 4 aromatic rings. The third-order valence-electron chi connectivity index (χ3n) is 3.38. The van der Waals surface area contributed by atoms with Crippen LogP contribution in [0.15, 0.2) is 54.9 Å². The van der Waals surface area contributed by atoms with Gasteiger partial charge in [0, 0.05) is 21.6 Å². The van der Waals surface area contributed by atoms with Crippen LogP contribution >= 0.6 is 11.6 Å². The molecular formula is C16H11ClN4. The van der Waals surface area contributed by atoms with Crippen LogP contribution in [0.25, 0.3) is 21.9 Å². The van der Waals surface area contributed by atoms with E-state index < -0.39 is 0 Å². The van der Waals surface area contributed by atoms with Crippen LogP contribution < -0.4 is 5.32 Å². The summed E-state index contributed by atoms with van der Waals surface area (Å²) in [6.07, 6.45) is 1.56. The lowest BCUT2D eigenvalue weighted by Crippen LogP contribution is -1.95. The minimum absolute atomic E-state index is 0.694. The Morgan fingerprint density at radius 2 is 1.86 bits per heavy atom. The number of hydrogen-bond acceptors (Lipinski definition) is 3. The van der Waals surface area contributed by atoms with E-state index in [4.69, 9.17) is 11.6 Å². The van der Waals surface area contributed by atoms with Gasteiger partial charge in [0.25, 0.3) is 0 Å². The Labute approximate surface area is 125 Å². The highest BCUT2D eigenvalue weighted by Gasteiger charge is 2.10. The van der Waals surface area contributed by atoms with Crippen molar-refractivity contribution in [2.24, 2.45) is 0 Å². The van der Waals surface area contributed by atoms with Crippen molar-refractivity contribution in [3.8, 4) is 0 Å². The first kappa shape index (κ1) is 12.2. The monoisotopic (exact) mass is 294 g/mol. The summed E-state index contributed by atoms with van der Waals surface area (Å²) in [6.45, 7) is 0. The molecule has 0 spiro atoms. The molecule has 0 atom stereocenters. The van der Waals surface area contributed by atoms with E-state index >= 15 is 0 Å². The number of nitrogens with zero attached hydrogens (tertiary/aromatic N) is 2. The molecule has 2 aromatic heterocycles. The molecule has 102 valence electrons. The van der Waals surface area contributed by atoms with Gasteiger partial charge in [0.2, 0.25) is 0 Å². The Morgan fingerprint density at radius 3 is 2.71 bits per heavy atom. The summed E-state index contributed by atoms with van der Waals surface area (Å²) < 4.78 is 0. The molecule has 4 nitrogen and oxygen atoms in total. The van der Waals surface area contributed by atoms with Crippen LogP contribution in [0.5, 0.6) is 0 Å². The molecule has 0 aliphatic carbocycles. The highest BCUT2D eigenvalue weighted by atomic mass is 35.5. The van der Waals surface area contributed by atoms with E-state index in [1.165, 1.54) is 0 Å². The molecular weight excluding hydrogens is 284 g/mol. The van der Waals surface area contributed by atoms with Crippen LogP contribution in [0.2, 0.25) is 5.02 Å². The first-order chi connectivity index (χ1) is 10.3. The maximum absolute atomic E-state index is 6.04. The SMILES string of the molecule is Clc1ccc2c(c1)[nH]c1c(Nc3ccccc3)ncnc12. The van der Waals surface area contributed by atoms with Crippen molar-refractivity contribution in [1.29, 1.82) is 0 Å². The van der Waals surface area contributed by atoms with Gasteiger partial charge in [0.1, 0.15) is 17.4 Å². The molecule has 2 N–H and O–H groups in total. The third kappa shape index (κ3) is 2.10. The Bertz CT molecular complexity index is 931. The molecule has 0 saturated carbocycles. The second-order valence-electron chi connectivity index (χ2n) is 4.75. The first-order valence-corrected chi connectivity index (χ1v) is 6.93.